The van der Waals surface area contributed by atoms with E-state index in [0.717, 1.165) is 38.9 Å². The van der Waals surface area contributed by atoms with Gasteiger partial charge in [-0.2, -0.15) is 0 Å². The van der Waals surface area contributed by atoms with Gasteiger partial charge in [0.1, 0.15) is 0 Å². The van der Waals surface area contributed by atoms with Crippen molar-refractivity contribution in [3.05, 3.63) is 0 Å². The summed E-state index contributed by atoms with van der Waals surface area (Å²) in [5, 5.41) is 8.93. The van der Waals surface area contributed by atoms with Gasteiger partial charge < -0.3 is 14.9 Å². The van der Waals surface area contributed by atoms with Gasteiger partial charge in [0.15, 0.2) is 0 Å². The third-order valence-corrected chi connectivity index (χ3v) is 4.98. The number of amides is 2. The fourth-order valence-electron chi connectivity index (χ4n) is 3.57. The lowest BCUT2D eigenvalue weighted by Gasteiger charge is -2.37. The molecule has 0 bridgehead atoms. The number of hydrogen-bond acceptors (Lipinski definition) is 2. The minimum Gasteiger partial charge on any atom is -0.481 e. The first-order chi connectivity index (χ1) is 9.78. The summed E-state index contributed by atoms with van der Waals surface area (Å²) < 4.78 is 0. The van der Waals surface area contributed by atoms with Gasteiger partial charge in [-0.05, 0) is 36.5 Å². The molecule has 1 N–H and O–H groups in total. The summed E-state index contributed by atoms with van der Waals surface area (Å²) in [7, 11) is 0. The van der Waals surface area contributed by atoms with Gasteiger partial charge in [-0.15, -0.1) is 0 Å². The van der Waals surface area contributed by atoms with Crippen LogP contribution >= 0.6 is 0 Å². The van der Waals surface area contributed by atoms with Crippen LogP contribution in [0.1, 0.15) is 46.5 Å². The molecule has 21 heavy (non-hydrogen) atoms. The highest BCUT2D eigenvalue weighted by molar-refractivity contribution is 5.75. The Hall–Kier alpha value is -1.26. The first kappa shape index (κ1) is 16.1. The first-order valence-electron chi connectivity index (χ1n) is 8.04. The Bertz CT molecular complexity index is 408. The molecule has 0 aliphatic carbocycles. The number of nitrogens with zero attached hydrogens (tertiary/aromatic N) is 2. The van der Waals surface area contributed by atoms with Crippen molar-refractivity contribution in [1.29, 1.82) is 0 Å². The smallest absolute Gasteiger partial charge is 0.320 e. The van der Waals surface area contributed by atoms with Gasteiger partial charge in [-0.3, -0.25) is 4.79 Å². The molecule has 0 aromatic heterocycles. The van der Waals surface area contributed by atoms with Crippen molar-refractivity contribution in [3.8, 4) is 0 Å². The zero-order valence-electron chi connectivity index (χ0n) is 13.5. The third kappa shape index (κ3) is 4.11. The predicted octanol–water partition coefficient (Wildman–Crippen LogP) is 2.66. The molecule has 2 atom stereocenters. The summed E-state index contributed by atoms with van der Waals surface area (Å²) in [6, 6.07) is 0.146. The number of rotatable bonds is 3. The van der Waals surface area contributed by atoms with Crippen molar-refractivity contribution in [2.24, 2.45) is 17.3 Å². The number of aliphatic carboxylic acids is 1. The van der Waals surface area contributed by atoms with Crippen LogP contribution in [0.3, 0.4) is 0 Å². The maximum absolute atomic E-state index is 12.6. The molecule has 2 saturated heterocycles. The lowest BCUT2D eigenvalue weighted by molar-refractivity contribution is -0.138. The van der Waals surface area contributed by atoms with E-state index in [2.05, 4.69) is 13.8 Å². The summed E-state index contributed by atoms with van der Waals surface area (Å²) >= 11 is 0. The zero-order chi connectivity index (χ0) is 15.6. The molecular formula is C16H28N2O3. The molecule has 0 aromatic rings. The van der Waals surface area contributed by atoms with E-state index >= 15 is 0 Å². The molecular weight excluding hydrogens is 268 g/mol. The van der Waals surface area contributed by atoms with Gasteiger partial charge in [-0.25, -0.2) is 4.79 Å². The molecule has 0 radical (unpaired) electrons. The van der Waals surface area contributed by atoms with Gasteiger partial charge in [0, 0.05) is 32.6 Å². The zero-order valence-corrected chi connectivity index (χ0v) is 13.5. The second-order valence-electron chi connectivity index (χ2n) is 7.54. The minimum atomic E-state index is -0.743. The van der Waals surface area contributed by atoms with Crippen LogP contribution in [-0.2, 0) is 4.79 Å². The predicted molar refractivity (Wildman–Crippen MR) is 81.1 cm³/mol. The number of carbonyl (C=O) groups excluding carboxylic acids is 1. The highest BCUT2D eigenvalue weighted by Gasteiger charge is 2.36. The second kappa shape index (κ2) is 6.24. The average Bonchev–Trinajstić information content (AvgIpc) is 2.77. The summed E-state index contributed by atoms with van der Waals surface area (Å²) in [6.07, 6.45) is 3.27. The molecule has 120 valence electrons. The highest BCUT2D eigenvalue weighted by atomic mass is 16.4. The SMILES string of the molecule is CC(CC(=O)O)C1CCCN(C(=O)N2CCC(C)(C)C2)C1. The van der Waals surface area contributed by atoms with Gasteiger partial charge in [0.05, 0.1) is 0 Å². The molecule has 0 spiro atoms. The molecule has 5 nitrogen and oxygen atoms in total. The number of urea groups is 1. The van der Waals surface area contributed by atoms with Crippen LogP contribution in [-0.4, -0.2) is 53.1 Å². The van der Waals surface area contributed by atoms with Crippen molar-refractivity contribution < 1.29 is 14.7 Å². The Morgan fingerprint density at radius 3 is 2.57 bits per heavy atom. The molecule has 0 saturated carbocycles. The van der Waals surface area contributed by atoms with Crippen molar-refractivity contribution in [2.75, 3.05) is 26.2 Å². The Morgan fingerprint density at radius 2 is 2.00 bits per heavy atom. The second-order valence-corrected chi connectivity index (χ2v) is 7.54. The minimum absolute atomic E-state index is 0.133. The van der Waals surface area contributed by atoms with E-state index < -0.39 is 5.97 Å². The Kier molecular flexibility index (Phi) is 4.79. The van der Waals surface area contributed by atoms with Crippen LogP contribution in [0.5, 0.6) is 0 Å². The molecule has 2 unspecified atom stereocenters. The van der Waals surface area contributed by atoms with E-state index in [9.17, 15) is 9.59 Å². The third-order valence-electron chi connectivity index (χ3n) is 4.98. The van der Waals surface area contributed by atoms with Gasteiger partial charge in [-0.1, -0.05) is 20.8 Å². The molecule has 5 heteroatoms. The number of hydrogen-bond donors (Lipinski definition) is 1. The van der Waals surface area contributed by atoms with Crippen LogP contribution in [0.25, 0.3) is 0 Å². The summed E-state index contributed by atoms with van der Waals surface area (Å²) in [5.74, 6) is -0.297. The maximum atomic E-state index is 12.6. The lowest BCUT2D eigenvalue weighted by atomic mass is 9.85. The Balaban J connectivity index is 1.91. The molecule has 2 amide bonds. The van der Waals surface area contributed by atoms with Crippen LogP contribution in [0.2, 0.25) is 0 Å². The number of likely N-dealkylation sites (tertiary alicyclic amines) is 2. The van der Waals surface area contributed by atoms with Crippen molar-refractivity contribution >= 4 is 12.0 Å². The highest BCUT2D eigenvalue weighted by Crippen LogP contribution is 2.31. The van der Waals surface area contributed by atoms with Crippen LogP contribution < -0.4 is 0 Å². The molecule has 2 rings (SSSR count). The van der Waals surface area contributed by atoms with Crippen molar-refractivity contribution in [1.82, 2.24) is 9.80 Å². The number of piperidine rings is 1. The fourth-order valence-corrected chi connectivity index (χ4v) is 3.57. The van der Waals surface area contributed by atoms with Crippen LogP contribution in [0.4, 0.5) is 4.79 Å². The van der Waals surface area contributed by atoms with E-state index in [4.69, 9.17) is 5.11 Å². The van der Waals surface area contributed by atoms with E-state index in [1.807, 2.05) is 16.7 Å². The normalized spacial score (nSPS) is 26.7. The Morgan fingerprint density at radius 1 is 1.29 bits per heavy atom. The van der Waals surface area contributed by atoms with E-state index in [-0.39, 0.29) is 23.8 Å². The van der Waals surface area contributed by atoms with E-state index in [0.29, 0.717) is 12.5 Å². The average molecular weight is 296 g/mol. The standard InChI is InChI=1S/C16H28N2O3/c1-12(9-14(19)20)13-5-4-7-17(10-13)15(21)18-8-6-16(2,3)11-18/h12-13H,4-11H2,1-3H3,(H,19,20). The van der Waals surface area contributed by atoms with E-state index in [1.165, 1.54) is 0 Å². The summed E-state index contributed by atoms with van der Waals surface area (Å²) in [4.78, 5) is 27.4. The molecule has 2 fully saturated rings. The number of carboxylic acid groups (broad SMARTS) is 1. The Labute approximate surface area is 127 Å². The molecule has 2 aliphatic rings. The van der Waals surface area contributed by atoms with Gasteiger partial charge in [0.25, 0.3) is 0 Å². The topological polar surface area (TPSA) is 60.9 Å². The molecule has 2 heterocycles. The quantitative estimate of drug-likeness (QED) is 0.871. The van der Waals surface area contributed by atoms with Crippen molar-refractivity contribution in [3.63, 3.8) is 0 Å². The van der Waals surface area contributed by atoms with E-state index in [1.54, 1.807) is 0 Å². The molecule has 2 aliphatic heterocycles. The van der Waals surface area contributed by atoms with Gasteiger partial charge >= 0.3 is 12.0 Å². The van der Waals surface area contributed by atoms with Gasteiger partial charge in [0.2, 0.25) is 0 Å². The summed E-state index contributed by atoms with van der Waals surface area (Å²) in [6.45, 7) is 9.60. The molecule has 0 aromatic carbocycles. The van der Waals surface area contributed by atoms with Crippen LogP contribution in [0.15, 0.2) is 0 Å². The maximum Gasteiger partial charge on any atom is 0.320 e. The fraction of sp³-hybridized carbons (Fsp3) is 0.875. The number of carboxylic acids is 1. The number of carbonyl (C=O) groups is 2. The largest absolute Gasteiger partial charge is 0.481 e. The van der Waals surface area contributed by atoms with Crippen molar-refractivity contribution in [2.45, 2.75) is 46.5 Å². The summed E-state index contributed by atoms with van der Waals surface area (Å²) in [5.41, 5.74) is 0.224. The van der Waals surface area contributed by atoms with Crippen LogP contribution in [0, 0.1) is 17.3 Å². The lowest BCUT2D eigenvalue weighted by Crippen LogP contribution is -2.48. The monoisotopic (exact) mass is 296 g/mol. The first-order valence-corrected chi connectivity index (χ1v) is 8.04.